The molecular weight excluding hydrogens is 238 g/mol. The Morgan fingerprint density at radius 3 is 2.88 bits per heavy atom. The number of fused-ring (bicyclic) bond motifs is 3. The largest absolute Gasteiger partial charge is 0.308 e. The van der Waals surface area contributed by atoms with Gasteiger partial charge in [0.15, 0.2) is 11.5 Å². The van der Waals surface area contributed by atoms with E-state index in [1.807, 2.05) is 31.2 Å². The highest BCUT2D eigenvalue weighted by atomic mass is 35.5. The minimum Gasteiger partial charge on any atom is -0.308 e. The number of aromatic nitrogens is 3. The average molecular weight is 248 g/mol. The summed E-state index contributed by atoms with van der Waals surface area (Å²) < 4.78 is 1.73. The zero-order valence-electron chi connectivity index (χ0n) is 9.11. The summed E-state index contributed by atoms with van der Waals surface area (Å²) in [5.74, 6) is 6.07. The van der Waals surface area contributed by atoms with Crippen molar-refractivity contribution < 1.29 is 0 Å². The fourth-order valence-corrected chi connectivity index (χ4v) is 2.06. The molecule has 3 N–H and O–H groups in total. The quantitative estimate of drug-likeness (QED) is 0.511. The van der Waals surface area contributed by atoms with Crippen LogP contribution in [-0.4, -0.2) is 14.6 Å². The molecule has 86 valence electrons. The molecule has 0 aliphatic heterocycles. The molecule has 0 saturated carbocycles. The maximum Gasteiger partial charge on any atom is 0.177 e. The van der Waals surface area contributed by atoms with Gasteiger partial charge in [0, 0.05) is 5.39 Å². The molecule has 0 atom stereocenters. The number of hydrazine groups is 1. The van der Waals surface area contributed by atoms with Crippen LogP contribution in [0.25, 0.3) is 16.6 Å². The van der Waals surface area contributed by atoms with E-state index in [0.717, 1.165) is 16.6 Å². The summed E-state index contributed by atoms with van der Waals surface area (Å²) >= 11 is 6.16. The Morgan fingerprint density at radius 1 is 1.35 bits per heavy atom. The number of nitrogens with zero attached hydrogens (tertiary/aromatic N) is 3. The molecule has 2 heterocycles. The van der Waals surface area contributed by atoms with E-state index in [2.05, 4.69) is 15.5 Å². The van der Waals surface area contributed by atoms with Gasteiger partial charge in [-0.3, -0.25) is 0 Å². The number of anilines is 1. The van der Waals surface area contributed by atoms with Gasteiger partial charge in [-0.25, -0.2) is 15.3 Å². The fraction of sp³-hybridized carbons (Fsp3) is 0.0909. The normalized spacial score (nSPS) is 11.2. The van der Waals surface area contributed by atoms with Crippen molar-refractivity contribution in [2.24, 2.45) is 5.84 Å². The molecule has 0 bridgehead atoms. The van der Waals surface area contributed by atoms with Gasteiger partial charge in [-0.1, -0.05) is 23.7 Å². The van der Waals surface area contributed by atoms with Crippen LogP contribution in [0, 0.1) is 6.92 Å². The molecule has 5 nitrogen and oxygen atoms in total. The van der Waals surface area contributed by atoms with Gasteiger partial charge in [0.25, 0.3) is 0 Å². The summed E-state index contributed by atoms with van der Waals surface area (Å²) in [6.45, 7) is 1.85. The van der Waals surface area contributed by atoms with E-state index in [0.29, 0.717) is 16.5 Å². The van der Waals surface area contributed by atoms with Crippen LogP contribution in [0.2, 0.25) is 5.02 Å². The lowest BCUT2D eigenvalue weighted by molar-refractivity contribution is 0.956. The number of nitrogens with one attached hydrogen (secondary N) is 1. The number of aryl methyl sites for hydroxylation is 1. The number of nitrogen functional groups attached to an aromatic ring is 1. The number of hydrogen-bond acceptors (Lipinski definition) is 4. The second kappa shape index (κ2) is 3.58. The van der Waals surface area contributed by atoms with Crippen LogP contribution in [0.4, 0.5) is 5.82 Å². The molecule has 1 aromatic carbocycles. The van der Waals surface area contributed by atoms with Crippen LogP contribution in [0.15, 0.2) is 24.3 Å². The molecule has 0 amide bonds. The Labute approximate surface area is 102 Å². The lowest BCUT2D eigenvalue weighted by Gasteiger charge is -2.06. The summed E-state index contributed by atoms with van der Waals surface area (Å²) in [6, 6.07) is 7.75. The van der Waals surface area contributed by atoms with Gasteiger partial charge in [-0.2, -0.15) is 5.10 Å². The SMILES string of the molecule is Cc1nn2c(nc(NN)c3ccccc32)c1Cl. The van der Waals surface area contributed by atoms with Gasteiger partial charge in [0.05, 0.1) is 11.2 Å². The van der Waals surface area contributed by atoms with Crippen molar-refractivity contribution in [1.82, 2.24) is 14.6 Å². The van der Waals surface area contributed by atoms with Gasteiger partial charge < -0.3 is 5.43 Å². The first-order chi connectivity index (χ1) is 8.22. The number of rotatable bonds is 1. The topological polar surface area (TPSA) is 68.2 Å². The van der Waals surface area contributed by atoms with E-state index in [-0.39, 0.29) is 0 Å². The maximum absolute atomic E-state index is 6.16. The maximum atomic E-state index is 6.16. The highest BCUT2D eigenvalue weighted by Gasteiger charge is 2.13. The lowest BCUT2D eigenvalue weighted by Crippen LogP contribution is -2.10. The summed E-state index contributed by atoms with van der Waals surface area (Å²) in [6.07, 6.45) is 0. The van der Waals surface area contributed by atoms with Crippen LogP contribution < -0.4 is 11.3 Å². The Hall–Kier alpha value is -1.85. The molecule has 17 heavy (non-hydrogen) atoms. The number of para-hydroxylation sites is 1. The third kappa shape index (κ3) is 1.36. The minimum absolute atomic E-state index is 0.548. The summed E-state index contributed by atoms with van der Waals surface area (Å²) in [4.78, 5) is 4.37. The highest BCUT2D eigenvalue weighted by Crippen LogP contribution is 2.27. The number of nitrogens with two attached hydrogens (primary N) is 1. The molecule has 6 heteroatoms. The zero-order chi connectivity index (χ0) is 12.0. The molecule has 0 unspecified atom stereocenters. The van der Waals surface area contributed by atoms with Gasteiger partial charge >= 0.3 is 0 Å². The van der Waals surface area contributed by atoms with Crippen LogP contribution in [0.1, 0.15) is 5.69 Å². The highest BCUT2D eigenvalue weighted by molar-refractivity contribution is 6.34. The first-order valence-electron chi connectivity index (χ1n) is 5.12. The third-order valence-corrected chi connectivity index (χ3v) is 3.15. The van der Waals surface area contributed by atoms with Crippen molar-refractivity contribution in [3.05, 3.63) is 35.0 Å². The second-order valence-electron chi connectivity index (χ2n) is 3.76. The third-order valence-electron chi connectivity index (χ3n) is 2.71. The Balaban J connectivity index is 2.59. The van der Waals surface area contributed by atoms with Crippen molar-refractivity contribution in [3.63, 3.8) is 0 Å². The molecule has 0 spiro atoms. The summed E-state index contributed by atoms with van der Waals surface area (Å²) in [5.41, 5.74) is 4.86. The van der Waals surface area contributed by atoms with Crippen molar-refractivity contribution in [2.45, 2.75) is 6.92 Å². The van der Waals surface area contributed by atoms with E-state index in [1.54, 1.807) is 4.52 Å². The van der Waals surface area contributed by atoms with E-state index < -0.39 is 0 Å². The number of benzene rings is 1. The van der Waals surface area contributed by atoms with Crippen molar-refractivity contribution >= 4 is 34.0 Å². The van der Waals surface area contributed by atoms with Crippen molar-refractivity contribution in [1.29, 1.82) is 0 Å². The Bertz CT molecular complexity index is 719. The predicted octanol–water partition coefficient (Wildman–Crippen LogP) is 2.13. The minimum atomic E-state index is 0.548. The molecule has 3 aromatic rings. The van der Waals surface area contributed by atoms with E-state index in [9.17, 15) is 0 Å². The standard InChI is InChI=1S/C11H10ClN5/c1-6-9(12)11-14-10(15-13)7-4-2-3-5-8(7)17(11)16-6/h2-5H,13H2,1H3,(H,14,15). The van der Waals surface area contributed by atoms with Gasteiger partial charge in [0.2, 0.25) is 0 Å². The first kappa shape index (κ1) is 10.3. The molecule has 0 aliphatic carbocycles. The van der Waals surface area contributed by atoms with E-state index in [4.69, 9.17) is 17.4 Å². The van der Waals surface area contributed by atoms with E-state index >= 15 is 0 Å². The fourth-order valence-electron chi connectivity index (χ4n) is 1.90. The summed E-state index contributed by atoms with van der Waals surface area (Å²) in [5, 5.41) is 5.82. The van der Waals surface area contributed by atoms with Gasteiger partial charge in [-0.15, -0.1) is 0 Å². The van der Waals surface area contributed by atoms with Crippen LogP contribution in [0.5, 0.6) is 0 Å². The second-order valence-corrected chi connectivity index (χ2v) is 4.13. The molecule has 0 fully saturated rings. The van der Waals surface area contributed by atoms with Crippen molar-refractivity contribution in [3.8, 4) is 0 Å². The first-order valence-corrected chi connectivity index (χ1v) is 5.50. The molecule has 3 rings (SSSR count). The van der Waals surface area contributed by atoms with Crippen LogP contribution in [-0.2, 0) is 0 Å². The van der Waals surface area contributed by atoms with Crippen LogP contribution in [0.3, 0.4) is 0 Å². The van der Waals surface area contributed by atoms with Gasteiger partial charge in [-0.05, 0) is 19.1 Å². The molecule has 2 aromatic heterocycles. The number of halogens is 1. The zero-order valence-corrected chi connectivity index (χ0v) is 9.86. The van der Waals surface area contributed by atoms with Crippen LogP contribution >= 0.6 is 11.6 Å². The average Bonchev–Trinajstić information content (AvgIpc) is 2.65. The molecule has 0 radical (unpaired) electrons. The number of hydrogen-bond donors (Lipinski definition) is 2. The van der Waals surface area contributed by atoms with Gasteiger partial charge in [0.1, 0.15) is 5.02 Å². The molecule has 0 aliphatic rings. The summed E-state index contributed by atoms with van der Waals surface area (Å²) in [7, 11) is 0. The smallest absolute Gasteiger partial charge is 0.177 e. The monoisotopic (exact) mass is 247 g/mol. The van der Waals surface area contributed by atoms with Crippen molar-refractivity contribution in [2.75, 3.05) is 5.43 Å². The van der Waals surface area contributed by atoms with E-state index in [1.165, 1.54) is 0 Å². The lowest BCUT2D eigenvalue weighted by atomic mass is 10.2. The Kier molecular flexibility index (Phi) is 2.17. The molecular formula is C11H10ClN5. The predicted molar refractivity (Wildman–Crippen MR) is 68.1 cm³/mol. The molecule has 0 saturated heterocycles. The Morgan fingerprint density at radius 2 is 2.12 bits per heavy atom.